The van der Waals surface area contributed by atoms with Crippen LogP contribution in [0.4, 0.5) is 10.1 Å². The van der Waals surface area contributed by atoms with Crippen molar-refractivity contribution in [1.82, 2.24) is 14.8 Å². The van der Waals surface area contributed by atoms with Crippen LogP contribution in [0.2, 0.25) is 0 Å². The number of halogens is 1. The molecule has 1 aromatic carbocycles. The fourth-order valence-corrected chi connectivity index (χ4v) is 3.17. The Hall–Kier alpha value is -1.56. The van der Waals surface area contributed by atoms with Crippen LogP contribution in [0.3, 0.4) is 0 Å². The molecule has 0 saturated heterocycles. The summed E-state index contributed by atoms with van der Waals surface area (Å²) in [5, 5.41) is 9.23. The molecule has 0 radical (unpaired) electrons. The van der Waals surface area contributed by atoms with Crippen molar-refractivity contribution < 1.29 is 4.39 Å². The summed E-state index contributed by atoms with van der Waals surface area (Å²) in [6, 6.07) is 4.39. The monoisotopic (exact) mass is 278 g/mol. The lowest BCUT2D eigenvalue weighted by Crippen LogP contribution is -2.02. The predicted octanol–water partition coefficient (Wildman–Crippen LogP) is 2.88. The number of fused-ring (bicyclic) bond motifs is 1. The average Bonchev–Trinajstić information content (AvgIpc) is 2.62. The topological polar surface area (TPSA) is 56.7 Å². The van der Waals surface area contributed by atoms with E-state index in [-0.39, 0.29) is 5.82 Å². The summed E-state index contributed by atoms with van der Waals surface area (Å²) < 4.78 is 15.4. The van der Waals surface area contributed by atoms with Crippen LogP contribution in [0.5, 0.6) is 0 Å². The molecule has 3 rings (SSSR count). The van der Waals surface area contributed by atoms with Gasteiger partial charge in [0.05, 0.1) is 0 Å². The Balaban J connectivity index is 1.91. The molecular formula is C13H15FN4S. The summed E-state index contributed by atoms with van der Waals surface area (Å²) >= 11 is 1.38. The molecule has 0 atom stereocenters. The highest BCUT2D eigenvalue weighted by Crippen LogP contribution is 2.32. The van der Waals surface area contributed by atoms with Gasteiger partial charge in [0.1, 0.15) is 11.6 Å². The van der Waals surface area contributed by atoms with Gasteiger partial charge >= 0.3 is 0 Å². The number of hydrogen-bond donors (Lipinski definition) is 1. The lowest BCUT2D eigenvalue weighted by Gasteiger charge is -2.08. The zero-order valence-electron chi connectivity index (χ0n) is 10.5. The van der Waals surface area contributed by atoms with Crippen LogP contribution in [0.25, 0.3) is 0 Å². The van der Waals surface area contributed by atoms with Crippen LogP contribution in [0.1, 0.15) is 25.1 Å². The Morgan fingerprint density at radius 3 is 3.00 bits per heavy atom. The molecule has 0 saturated carbocycles. The first-order valence-electron chi connectivity index (χ1n) is 6.39. The molecule has 0 bridgehead atoms. The fraction of sp³-hybridized carbons (Fsp3) is 0.385. The molecule has 100 valence electrons. The number of benzene rings is 1. The summed E-state index contributed by atoms with van der Waals surface area (Å²) in [7, 11) is 0. The predicted molar refractivity (Wildman–Crippen MR) is 72.5 cm³/mol. The molecule has 1 aromatic heterocycles. The first kappa shape index (κ1) is 12.5. The molecule has 19 heavy (non-hydrogen) atoms. The maximum atomic E-state index is 13.3. The largest absolute Gasteiger partial charge is 0.398 e. The van der Waals surface area contributed by atoms with Crippen LogP contribution in [-0.2, 0) is 13.0 Å². The van der Waals surface area contributed by atoms with E-state index in [9.17, 15) is 4.39 Å². The number of rotatable bonds is 2. The lowest BCUT2D eigenvalue weighted by molar-refractivity contribution is 0.590. The molecule has 0 amide bonds. The second-order valence-corrected chi connectivity index (χ2v) is 5.65. The molecule has 6 heteroatoms. The smallest absolute Gasteiger partial charge is 0.196 e. The highest BCUT2D eigenvalue weighted by Gasteiger charge is 2.16. The molecule has 1 aliphatic rings. The number of hydrogen-bond acceptors (Lipinski definition) is 4. The fourth-order valence-electron chi connectivity index (χ4n) is 2.23. The highest BCUT2D eigenvalue weighted by atomic mass is 32.2. The van der Waals surface area contributed by atoms with E-state index in [1.165, 1.54) is 30.3 Å². The molecule has 2 aromatic rings. The number of nitrogen functional groups attached to an aromatic ring is 1. The summed E-state index contributed by atoms with van der Waals surface area (Å²) in [5.74, 6) is 0.738. The minimum absolute atomic E-state index is 0.285. The van der Waals surface area contributed by atoms with Crippen molar-refractivity contribution in [3.63, 3.8) is 0 Å². The Bertz CT molecular complexity index is 596. The average molecular weight is 278 g/mol. The van der Waals surface area contributed by atoms with Crippen molar-refractivity contribution in [2.45, 2.75) is 42.3 Å². The molecule has 4 nitrogen and oxygen atoms in total. The lowest BCUT2D eigenvalue weighted by atomic mass is 10.2. The summed E-state index contributed by atoms with van der Waals surface area (Å²) in [6.45, 7) is 0.930. The second kappa shape index (κ2) is 5.21. The van der Waals surface area contributed by atoms with Crippen molar-refractivity contribution in [3.05, 3.63) is 29.8 Å². The van der Waals surface area contributed by atoms with Gasteiger partial charge in [-0.05, 0) is 42.8 Å². The van der Waals surface area contributed by atoms with Crippen molar-refractivity contribution >= 4 is 17.4 Å². The Morgan fingerprint density at radius 2 is 2.11 bits per heavy atom. The van der Waals surface area contributed by atoms with Gasteiger partial charge in [0.25, 0.3) is 0 Å². The minimum Gasteiger partial charge on any atom is -0.398 e. The Morgan fingerprint density at radius 1 is 1.21 bits per heavy atom. The molecule has 0 aliphatic carbocycles. The van der Waals surface area contributed by atoms with Gasteiger partial charge in [0.2, 0.25) is 0 Å². The zero-order valence-corrected chi connectivity index (χ0v) is 11.3. The highest BCUT2D eigenvalue weighted by molar-refractivity contribution is 7.99. The maximum Gasteiger partial charge on any atom is 0.196 e. The van der Waals surface area contributed by atoms with Gasteiger partial charge in [0.15, 0.2) is 5.16 Å². The van der Waals surface area contributed by atoms with E-state index in [1.54, 1.807) is 6.07 Å². The van der Waals surface area contributed by atoms with Crippen LogP contribution in [-0.4, -0.2) is 14.8 Å². The van der Waals surface area contributed by atoms with Crippen LogP contribution < -0.4 is 5.73 Å². The quantitative estimate of drug-likeness (QED) is 0.858. The van der Waals surface area contributed by atoms with Gasteiger partial charge < -0.3 is 10.3 Å². The summed E-state index contributed by atoms with van der Waals surface area (Å²) in [6.07, 6.45) is 4.48. The molecule has 2 heterocycles. The van der Waals surface area contributed by atoms with Crippen molar-refractivity contribution in [2.24, 2.45) is 0 Å². The minimum atomic E-state index is -0.285. The van der Waals surface area contributed by atoms with Crippen LogP contribution in [0.15, 0.2) is 28.3 Å². The van der Waals surface area contributed by atoms with E-state index >= 15 is 0 Å². The first-order chi connectivity index (χ1) is 9.24. The Labute approximate surface area is 115 Å². The van der Waals surface area contributed by atoms with Gasteiger partial charge in [-0.25, -0.2) is 4.39 Å². The molecule has 2 N–H and O–H groups in total. The Kier molecular flexibility index (Phi) is 3.42. The molecule has 0 spiro atoms. The number of nitrogens with zero attached hydrogens (tertiary/aromatic N) is 3. The van der Waals surface area contributed by atoms with E-state index < -0.39 is 0 Å². The number of aromatic nitrogens is 3. The van der Waals surface area contributed by atoms with Crippen molar-refractivity contribution in [2.75, 3.05) is 5.73 Å². The van der Waals surface area contributed by atoms with Crippen LogP contribution >= 0.6 is 11.8 Å². The number of anilines is 1. The third-order valence-electron chi connectivity index (χ3n) is 3.25. The van der Waals surface area contributed by atoms with Gasteiger partial charge in [-0.2, -0.15) is 0 Å². The standard InChI is InChI=1S/C13H15FN4S/c14-9-5-6-10(15)11(8-9)19-13-17-16-12-4-2-1-3-7-18(12)13/h5-6,8H,1-4,7,15H2. The maximum absolute atomic E-state index is 13.3. The van der Waals surface area contributed by atoms with E-state index in [0.29, 0.717) is 10.6 Å². The van der Waals surface area contributed by atoms with Gasteiger partial charge in [-0.3, -0.25) is 0 Å². The summed E-state index contributed by atoms with van der Waals surface area (Å²) in [5.41, 5.74) is 6.44. The molecule has 0 fully saturated rings. The zero-order chi connectivity index (χ0) is 13.2. The van der Waals surface area contributed by atoms with E-state index in [0.717, 1.165) is 36.8 Å². The number of nitrogens with two attached hydrogens (primary N) is 1. The van der Waals surface area contributed by atoms with Crippen molar-refractivity contribution in [1.29, 1.82) is 0 Å². The first-order valence-corrected chi connectivity index (χ1v) is 7.20. The molecular weight excluding hydrogens is 263 g/mol. The van der Waals surface area contributed by atoms with Gasteiger partial charge in [-0.1, -0.05) is 6.42 Å². The third-order valence-corrected chi connectivity index (χ3v) is 4.31. The second-order valence-electron chi connectivity index (χ2n) is 4.65. The van der Waals surface area contributed by atoms with Crippen LogP contribution in [0, 0.1) is 5.82 Å². The normalized spacial score (nSPS) is 15.0. The summed E-state index contributed by atoms with van der Waals surface area (Å²) in [4.78, 5) is 0.694. The molecule has 1 aliphatic heterocycles. The van der Waals surface area contributed by atoms with Gasteiger partial charge in [0, 0.05) is 23.5 Å². The van der Waals surface area contributed by atoms with Gasteiger partial charge in [-0.15, -0.1) is 10.2 Å². The van der Waals surface area contributed by atoms with E-state index in [2.05, 4.69) is 14.8 Å². The van der Waals surface area contributed by atoms with E-state index in [1.807, 2.05) is 0 Å². The van der Waals surface area contributed by atoms with Crippen molar-refractivity contribution in [3.8, 4) is 0 Å². The third kappa shape index (κ3) is 2.58. The van der Waals surface area contributed by atoms with E-state index in [4.69, 9.17) is 5.73 Å². The molecule has 0 unspecified atom stereocenters. The SMILES string of the molecule is Nc1ccc(F)cc1Sc1nnc2n1CCCCC2. The number of aryl methyl sites for hydroxylation is 1.